The first-order valence-electron chi connectivity index (χ1n) is 26.2. The summed E-state index contributed by atoms with van der Waals surface area (Å²) in [6, 6.07) is 0.204. The summed E-state index contributed by atoms with van der Waals surface area (Å²) in [5.41, 5.74) is 1.18. The molecule has 0 spiro atoms. The Hall–Kier alpha value is -2.78. The van der Waals surface area contributed by atoms with Crippen LogP contribution < -0.4 is 10.6 Å². The Morgan fingerprint density at radius 3 is 1.91 bits per heavy atom. The van der Waals surface area contributed by atoms with Crippen molar-refractivity contribution in [2.75, 3.05) is 13.1 Å². The number of esters is 1. The third-order valence-corrected chi connectivity index (χ3v) is 17.2. The number of fused-ring (bicyclic) bond motifs is 5. The van der Waals surface area contributed by atoms with Crippen LogP contribution in [0.15, 0.2) is 11.6 Å². The van der Waals surface area contributed by atoms with Crippen molar-refractivity contribution in [1.29, 1.82) is 0 Å². The monoisotopic (exact) mass is 894 g/mol. The molecule has 0 aliphatic heterocycles. The molecule has 8 atom stereocenters. The van der Waals surface area contributed by atoms with Gasteiger partial charge in [0.2, 0.25) is 5.91 Å². The normalized spacial score (nSPS) is 33.8. The van der Waals surface area contributed by atoms with Gasteiger partial charge in [-0.15, -0.1) is 0 Å². The molecule has 0 saturated heterocycles. The van der Waals surface area contributed by atoms with Crippen LogP contribution in [0.25, 0.3) is 0 Å². The van der Waals surface area contributed by atoms with Crippen molar-refractivity contribution in [1.82, 2.24) is 15.5 Å². The summed E-state index contributed by atoms with van der Waals surface area (Å²) in [6.07, 6.45) is 21.8. The molecule has 10 nitrogen and oxygen atoms in total. The molecule has 0 radical (unpaired) electrons. The van der Waals surface area contributed by atoms with E-state index in [-0.39, 0.29) is 54.1 Å². The molecule has 64 heavy (non-hydrogen) atoms. The lowest BCUT2D eigenvalue weighted by molar-refractivity contribution is -0.151. The summed E-state index contributed by atoms with van der Waals surface area (Å²) in [4.78, 5) is 53.6. The number of carbonyl (C=O) groups is 4. The van der Waals surface area contributed by atoms with Crippen molar-refractivity contribution in [3.05, 3.63) is 11.6 Å². The summed E-state index contributed by atoms with van der Waals surface area (Å²) in [5, 5.41) is 5.97. The number of amides is 3. The van der Waals surface area contributed by atoms with Crippen LogP contribution >= 0.6 is 0 Å². The fraction of sp³-hybridized carbons (Fsp3) is 0.889. The largest absolute Gasteiger partial charge is 0.462 e. The molecular weight excluding hydrogens is 803 g/mol. The molecule has 0 aromatic rings. The topological polar surface area (TPSA) is 123 Å². The number of alkyl carbamates (subject to hydrolysis) is 2. The third-order valence-electron chi connectivity index (χ3n) is 17.2. The second-order valence-electron chi connectivity index (χ2n) is 24.8. The minimum absolute atomic E-state index is 0.0702. The van der Waals surface area contributed by atoms with E-state index in [1.807, 2.05) is 46.4 Å². The van der Waals surface area contributed by atoms with E-state index in [0.29, 0.717) is 43.2 Å². The van der Waals surface area contributed by atoms with Gasteiger partial charge in [0, 0.05) is 44.4 Å². The van der Waals surface area contributed by atoms with Crippen LogP contribution in [0.5, 0.6) is 0 Å². The van der Waals surface area contributed by atoms with Gasteiger partial charge >= 0.3 is 18.2 Å². The molecule has 6 aliphatic carbocycles. The van der Waals surface area contributed by atoms with Crippen LogP contribution in [0.3, 0.4) is 0 Å². The lowest BCUT2D eigenvalue weighted by Crippen LogP contribution is -2.51. The van der Waals surface area contributed by atoms with Gasteiger partial charge in [-0.2, -0.15) is 0 Å². The van der Waals surface area contributed by atoms with Crippen molar-refractivity contribution in [3.8, 4) is 0 Å². The number of nitrogens with zero attached hydrogens (tertiary/aromatic N) is 1. The SMILES string of the molecule is CC(C)CCCC(C)[C@H]1CC[C@H]2[C@@H]3CC=C4C[C@@H](OC(=O)CCCC(=O)N(CCC5CC(NC(=O)OC(C)(C)C)C5)CCC5CC(NC(=O)OC(C)(C)C)C5)CC[C@]4(C)[C@H]3CC[C@]12C. The van der Waals surface area contributed by atoms with Crippen LogP contribution in [-0.4, -0.2) is 71.4 Å². The molecule has 0 bridgehead atoms. The van der Waals surface area contributed by atoms with Gasteiger partial charge in [0.15, 0.2) is 0 Å². The van der Waals surface area contributed by atoms with E-state index in [9.17, 15) is 19.2 Å². The molecule has 6 rings (SSSR count). The highest BCUT2D eigenvalue weighted by molar-refractivity contribution is 5.77. The van der Waals surface area contributed by atoms with E-state index in [1.165, 1.54) is 51.4 Å². The predicted octanol–water partition coefficient (Wildman–Crippen LogP) is 12.3. The van der Waals surface area contributed by atoms with Crippen molar-refractivity contribution < 1.29 is 33.4 Å². The maximum atomic E-state index is 13.8. The Kier molecular flexibility index (Phi) is 16.6. The van der Waals surface area contributed by atoms with Crippen molar-refractivity contribution in [2.45, 2.75) is 234 Å². The van der Waals surface area contributed by atoms with E-state index in [0.717, 1.165) is 93.3 Å². The minimum Gasteiger partial charge on any atom is -0.462 e. The second-order valence-corrected chi connectivity index (χ2v) is 24.8. The number of nitrogens with one attached hydrogen (secondary N) is 2. The lowest BCUT2D eigenvalue weighted by atomic mass is 9.47. The molecule has 2 N–H and O–H groups in total. The quantitative estimate of drug-likeness (QED) is 0.0798. The molecule has 5 saturated carbocycles. The standard InChI is InChI=1S/C54H91N3O7/c1-35(2)14-12-15-36(3)44-20-21-45-43-19-18-39-34-42(22-26-53(39,10)46(43)23-27-54(44,45)11)62-48(59)17-13-16-47(58)57(28-24-37-30-40(31-37)55-49(60)63-51(4,5)6)29-25-38-32-41(33-38)56-50(61)64-52(7,8)9/h18,35-38,40-46H,12-17,19-34H2,1-11H3,(H,55,60)(H,56,61)/t36?,37?,38?,40?,41?,42-,43-,44+,45-,46-,53-,54+/m0/s1. The first kappa shape index (κ1) is 50.6. The van der Waals surface area contributed by atoms with Gasteiger partial charge < -0.3 is 29.7 Å². The number of allylic oxidation sites excluding steroid dienone is 1. The van der Waals surface area contributed by atoms with Crippen molar-refractivity contribution >= 4 is 24.1 Å². The molecule has 3 amide bonds. The van der Waals surface area contributed by atoms with E-state index >= 15 is 0 Å². The number of carbonyl (C=O) groups excluding carboxylic acids is 4. The summed E-state index contributed by atoms with van der Waals surface area (Å²) < 4.78 is 17.1. The summed E-state index contributed by atoms with van der Waals surface area (Å²) in [5.74, 6) is 5.64. The van der Waals surface area contributed by atoms with Crippen molar-refractivity contribution in [2.24, 2.45) is 58.2 Å². The number of ether oxygens (including phenoxy) is 3. The number of rotatable bonds is 18. The van der Waals surface area contributed by atoms with Gasteiger partial charge in [-0.3, -0.25) is 9.59 Å². The highest BCUT2D eigenvalue weighted by Gasteiger charge is 2.59. The first-order chi connectivity index (χ1) is 30.0. The molecule has 6 aliphatic rings. The van der Waals surface area contributed by atoms with Crippen LogP contribution in [0.2, 0.25) is 0 Å². The Bertz CT molecular complexity index is 1580. The molecule has 364 valence electrons. The Balaban J connectivity index is 0.947. The zero-order valence-corrected chi connectivity index (χ0v) is 42.3. The molecule has 0 aromatic heterocycles. The molecule has 1 unspecified atom stereocenters. The zero-order chi connectivity index (χ0) is 46.6. The Morgan fingerprint density at radius 2 is 1.34 bits per heavy atom. The average Bonchev–Trinajstić information content (AvgIpc) is 3.51. The van der Waals surface area contributed by atoms with E-state index in [4.69, 9.17) is 14.2 Å². The fourth-order valence-electron chi connectivity index (χ4n) is 13.7. The van der Waals surface area contributed by atoms with E-state index in [1.54, 1.807) is 5.57 Å². The van der Waals surface area contributed by atoms with Crippen molar-refractivity contribution in [3.63, 3.8) is 0 Å². The highest BCUT2D eigenvalue weighted by atomic mass is 16.6. The van der Waals surface area contributed by atoms with Crippen LogP contribution in [0.1, 0.15) is 205 Å². The lowest BCUT2D eigenvalue weighted by Gasteiger charge is -2.58. The minimum atomic E-state index is -0.532. The second kappa shape index (κ2) is 21.0. The van der Waals surface area contributed by atoms with E-state index < -0.39 is 11.2 Å². The highest BCUT2D eigenvalue weighted by Crippen LogP contribution is 2.67. The van der Waals surface area contributed by atoms with E-state index in [2.05, 4.69) is 51.3 Å². The van der Waals surface area contributed by atoms with Crippen LogP contribution in [-0.2, 0) is 23.8 Å². The van der Waals surface area contributed by atoms with Crippen LogP contribution in [0, 0.1) is 58.2 Å². The van der Waals surface area contributed by atoms with Gasteiger partial charge in [0.25, 0.3) is 0 Å². The van der Waals surface area contributed by atoms with Crippen LogP contribution in [0.4, 0.5) is 9.59 Å². The number of hydrogen-bond acceptors (Lipinski definition) is 7. The summed E-state index contributed by atoms with van der Waals surface area (Å²) >= 11 is 0. The first-order valence-corrected chi connectivity index (χ1v) is 26.2. The van der Waals surface area contributed by atoms with Gasteiger partial charge in [-0.1, -0.05) is 65.5 Å². The molecular formula is C54H91N3O7. The van der Waals surface area contributed by atoms with Gasteiger partial charge in [0.05, 0.1) is 0 Å². The maximum absolute atomic E-state index is 13.8. The van der Waals surface area contributed by atoms with Gasteiger partial charge in [-0.05, 0) is 190 Å². The Labute approximate surface area is 388 Å². The fourth-order valence-corrected chi connectivity index (χ4v) is 13.7. The van der Waals surface area contributed by atoms with Gasteiger partial charge in [0.1, 0.15) is 17.3 Å². The average molecular weight is 894 g/mol. The summed E-state index contributed by atoms with van der Waals surface area (Å²) in [7, 11) is 0. The number of hydrogen-bond donors (Lipinski definition) is 2. The molecule has 0 aromatic carbocycles. The summed E-state index contributed by atoms with van der Waals surface area (Å²) in [6.45, 7) is 25.0. The van der Waals surface area contributed by atoms with Gasteiger partial charge in [-0.25, -0.2) is 9.59 Å². The Morgan fingerprint density at radius 1 is 0.750 bits per heavy atom. The molecule has 0 heterocycles. The molecule has 5 fully saturated rings. The third kappa shape index (κ3) is 13.2. The smallest absolute Gasteiger partial charge is 0.407 e. The molecule has 10 heteroatoms. The maximum Gasteiger partial charge on any atom is 0.407 e. The predicted molar refractivity (Wildman–Crippen MR) is 254 cm³/mol. The zero-order valence-electron chi connectivity index (χ0n) is 42.3.